The van der Waals surface area contributed by atoms with Gasteiger partial charge < -0.3 is 15.1 Å². The van der Waals surface area contributed by atoms with E-state index in [2.05, 4.69) is 51.6 Å². The third-order valence-electron chi connectivity index (χ3n) is 5.44. The fraction of sp³-hybridized carbons (Fsp3) is 0.409. The summed E-state index contributed by atoms with van der Waals surface area (Å²) in [6.07, 6.45) is 3.16. The Balaban J connectivity index is 0.000000377. The van der Waals surface area contributed by atoms with Gasteiger partial charge in [0, 0.05) is 31.1 Å². The van der Waals surface area contributed by atoms with Crippen LogP contribution in [0.5, 0.6) is 0 Å². The Bertz CT molecular complexity index is 871. The maximum absolute atomic E-state index is 13.0. The van der Waals surface area contributed by atoms with Crippen molar-refractivity contribution in [1.29, 1.82) is 0 Å². The molecular weight excluding hydrogens is 404 g/mol. The molecule has 1 aromatic heterocycles. The highest BCUT2D eigenvalue weighted by molar-refractivity contribution is 7.09. The fourth-order valence-corrected chi connectivity index (χ4v) is 4.71. The summed E-state index contributed by atoms with van der Waals surface area (Å²) in [5, 5.41) is 16.9. The zero-order chi connectivity index (χ0) is 21.5. The number of carbonyl (C=O) groups excluding carboxylic acids is 1. The predicted molar refractivity (Wildman–Crippen MR) is 113 cm³/mol. The number of thiophene rings is 1. The monoisotopic (exact) mass is 430 g/mol. The van der Waals surface area contributed by atoms with Crippen molar-refractivity contribution in [2.45, 2.75) is 32.4 Å². The van der Waals surface area contributed by atoms with Crippen LogP contribution < -0.4 is 0 Å². The number of carboxylic acid groups (broad SMARTS) is 2. The van der Waals surface area contributed by atoms with E-state index in [9.17, 15) is 4.79 Å². The number of aliphatic carboxylic acids is 2. The number of fused-ring (bicyclic) bond motifs is 1. The molecule has 0 aliphatic carbocycles. The van der Waals surface area contributed by atoms with Gasteiger partial charge in [0.25, 0.3) is 0 Å². The molecule has 1 fully saturated rings. The average molecular weight is 431 g/mol. The molecule has 1 amide bonds. The largest absolute Gasteiger partial charge is 0.473 e. The Morgan fingerprint density at radius 3 is 2.40 bits per heavy atom. The minimum atomic E-state index is -1.82. The summed E-state index contributed by atoms with van der Waals surface area (Å²) in [6, 6.07) is 12.8. The maximum Gasteiger partial charge on any atom is 0.414 e. The van der Waals surface area contributed by atoms with Crippen LogP contribution in [0.25, 0.3) is 0 Å². The first-order valence-electron chi connectivity index (χ1n) is 10.0. The molecule has 160 valence electrons. The summed E-state index contributed by atoms with van der Waals surface area (Å²) in [7, 11) is 0. The number of likely N-dealkylation sites (tertiary alicyclic amines) is 1. The summed E-state index contributed by atoms with van der Waals surface area (Å²) in [5.74, 6) is -3.12. The van der Waals surface area contributed by atoms with Crippen molar-refractivity contribution in [1.82, 2.24) is 9.80 Å². The number of benzene rings is 1. The molecule has 2 N–H and O–H groups in total. The number of carbonyl (C=O) groups is 3. The van der Waals surface area contributed by atoms with Gasteiger partial charge in [0.1, 0.15) is 0 Å². The summed E-state index contributed by atoms with van der Waals surface area (Å²) in [4.78, 5) is 37.1. The van der Waals surface area contributed by atoms with E-state index in [0.29, 0.717) is 5.91 Å². The zero-order valence-corrected chi connectivity index (χ0v) is 17.5. The summed E-state index contributed by atoms with van der Waals surface area (Å²) >= 11 is 1.81. The SMILES string of the molecule is O=C(C1CCCN(Cc2cccs2)C1)N1CCc2ccccc2C1.O=C(O)C(=O)O. The van der Waals surface area contributed by atoms with Gasteiger partial charge in [-0.15, -0.1) is 11.3 Å². The van der Waals surface area contributed by atoms with Crippen LogP contribution >= 0.6 is 11.3 Å². The number of carboxylic acids is 2. The van der Waals surface area contributed by atoms with Crippen molar-refractivity contribution in [3.05, 3.63) is 57.8 Å². The maximum atomic E-state index is 13.0. The first-order chi connectivity index (χ1) is 14.4. The van der Waals surface area contributed by atoms with E-state index in [4.69, 9.17) is 19.8 Å². The Hall–Kier alpha value is -2.71. The minimum absolute atomic E-state index is 0.170. The van der Waals surface area contributed by atoms with E-state index in [-0.39, 0.29) is 5.92 Å². The third kappa shape index (κ3) is 5.90. The lowest BCUT2D eigenvalue weighted by atomic mass is 9.94. The van der Waals surface area contributed by atoms with E-state index in [0.717, 1.165) is 52.0 Å². The Morgan fingerprint density at radius 2 is 1.73 bits per heavy atom. The van der Waals surface area contributed by atoms with Crippen molar-refractivity contribution in [2.75, 3.05) is 19.6 Å². The predicted octanol–water partition coefficient (Wildman–Crippen LogP) is 2.70. The van der Waals surface area contributed by atoms with E-state index in [1.807, 2.05) is 11.3 Å². The fourth-order valence-electron chi connectivity index (χ4n) is 3.97. The molecule has 8 heteroatoms. The van der Waals surface area contributed by atoms with Crippen molar-refractivity contribution < 1.29 is 24.6 Å². The lowest BCUT2D eigenvalue weighted by Gasteiger charge is -2.36. The minimum Gasteiger partial charge on any atom is -0.473 e. The normalized spacial score (nSPS) is 18.7. The van der Waals surface area contributed by atoms with Gasteiger partial charge in [-0.1, -0.05) is 30.3 Å². The van der Waals surface area contributed by atoms with Gasteiger partial charge in [-0.05, 0) is 48.4 Å². The second kappa shape index (κ2) is 10.4. The lowest BCUT2D eigenvalue weighted by molar-refractivity contribution is -0.159. The van der Waals surface area contributed by atoms with E-state index in [1.165, 1.54) is 16.0 Å². The number of nitrogens with zero attached hydrogens (tertiary/aromatic N) is 2. The number of piperidine rings is 1. The standard InChI is InChI=1S/C20H24N2OS.C2H2O4/c23-20(22-11-9-16-5-1-2-6-17(16)14-22)18-7-3-10-21(13-18)15-19-8-4-12-24-19;3-1(4)2(5)6/h1-2,4-6,8,12,18H,3,7,9-11,13-15H2;(H,3,4)(H,5,6). The molecule has 1 unspecified atom stereocenters. The van der Waals surface area contributed by atoms with Crippen molar-refractivity contribution in [3.8, 4) is 0 Å². The third-order valence-corrected chi connectivity index (χ3v) is 6.30. The van der Waals surface area contributed by atoms with Gasteiger partial charge in [-0.3, -0.25) is 9.69 Å². The topological polar surface area (TPSA) is 98.2 Å². The molecule has 0 spiro atoms. The Labute approximate surface area is 179 Å². The van der Waals surface area contributed by atoms with Crippen molar-refractivity contribution in [2.24, 2.45) is 5.92 Å². The van der Waals surface area contributed by atoms with Crippen LogP contribution in [0.3, 0.4) is 0 Å². The number of hydrogen-bond donors (Lipinski definition) is 2. The smallest absolute Gasteiger partial charge is 0.414 e. The van der Waals surface area contributed by atoms with Gasteiger partial charge in [-0.25, -0.2) is 9.59 Å². The van der Waals surface area contributed by atoms with Gasteiger partial charge in [0.2, 0.25) is 5.91 Å². The molecule has 2 aromatic rings. The first-order valence-corrected chi connectivity index (χ1v) is 10.9. The quantitative estimate of drug-likeness (QED) is 0.727. The molecule has 7 nitrogen and oxygen atoms in total. The molecule has 0 saturated carbocycles. The molecule has 3 heterocycles. The number of hydrogen-bond acceptors (Lipinski definition) is 5. The molecule has 1 saturated heterocycles. The second-order valence-electron chi connectivity index (χ2n) is 7.54. The number of rotatable bonds is 3. The van der Waals surface area contributed by atoms with E-state index < -0.39 is 11.9 Å². The van der Waals surface area contributed by atoms with Crippen LogP contribution in [0.2, 0.25) is 0 Å². The molecule has 0 bridgehead atoms. The van der Waals surface area contributed by atoms with Gasteiger partial charge >= 0.3 is 11.9 Å². The molecule has 30 heavy (non-hydrogen) atoms. The van der Waals surface area contributed by atoms with Crippen LogP contribution in [0, 0.1) is 5.92 Å². The molecule has 2 aliphatic rings. The van der Waals surface area contributed by atoms with Crippen LogP contribution in [0.15, 0.2) is 41.8 Å². The highest BCUT2D eigenvalue weighted by atomic mass is 32.1. The molecule has 1 atom stereocenters. The number of amides is 1. The summed E-state index contributed by atoms with van der Waals surface area (Å²) < 4.78 is 0. The lowest BCUT2D eigenvalue weighted by Crippen LogP contribution is -2.46. The van der Waals surface area contributed by atoms with Crippen LogP contribution in [0.4, 0.5) is 0 Å². The van der Waals surface area contributed by atoms with Crippen molar-refractivity contribution in [3.63, 3.8) is 0 Å². The average Bonchev–Trinajstić information content (AvgIpc) is 3.26. The summed E-state index contributed by atoms with van der Waals surface area (Å²) in [6.45, 7) is 4.68. The molecule has 1 aromatic carbocycles. The van der Waals surface area contributed by atoms with E-state index in [1.54, 1.807) is 0 Å². The Kier molecular flexibility index (Phi) is 7.59. The Morgan fingerprint density at radius 1 is 1.00 bits per heavy atom. The highest BCUT2D eigenvalue weighted by Gasteiger charge is 2.30. The van der Waals surface area contributed by atoms with Crippen LogP contribution in [-0.2, 0) is 33.9 Å². The zero-order valence-electron chi connectivity index (χ0n) is 16.7. The summed E-state index contributed by atoms with van der Waals surface area (Å²) in [5.41, 5.74) is 2.73. The van der Waals surface area contributed by atoms with Crippen LogP contribution in [-0.4, -0.2) is 57.5 Å². The van der Waals surface area contributed by atoms with Gasteiger partial charge in [0.15, 0.2) is 0 Å². The van der Waals surface area contributed by atoms with E-state index >= 15 is 0 Å². The molecule has 0 radical (unpaired) electrons. The first kappa shape index (κ1) is 22.0. The highest BCUT2D eigenvalue weighted by Crippen LogP contribution is 2.25. The molecule has 2 aliphatic heterocycles. The van der Waals surface area contributed by atoms with Crippen LogP contribution in [0.1, 0.15) is 28.8 Å². The molecular formula is C22H26N2O5S. The molecule has 4 rings (SSSR count). The van der Waals surface area contributed by atoms with Crippen molar-refractivity contribution >= 4 is 29.2 Å². The second-order valence-corrected chi connectivity index (χ2v) is 8.57. The van der Waals surface area contributed by atoms with Gasteiger partial charge in [-0.2, -0.15) is 0 Å². The van der Waals surface area contributed by atoms with Gasteiger partial charge in [0.05, 0.1) is 5.92 Å².